The topological polar surface area (TPSA) is 68.0 Å². The Morgan fingerprint density at radius 1 is 1.12 bits per heavy atom. The van der Waals surface area contributed by atoms with Gasteiger partial charge < -0.3 is 11.1 Å². The molecule has 4 heteroatoms. The summed E-state index contributed by atoms with van der Waals surface area (Å²) < 4.78 is 0. The first-order chi connectivity index (χ1) is 7.77. The number of hydrogen-bond donors (Lipinski definition) is 2. The lowest BCUT2D eigenvalue weighted by molar-refractivity contribution is 0.102. The van der Waals surface area contributed by atoms with Gasteiger partial charge >= 0.3 is 0 Å². The first kappa shape index (κ1) is 10.2. The predicted molar refractivity (Wildman–Crippen MR) is 63.0 cm³/mol. The minimum absolute atomic E-state index is 0.242. The SMILES string of the molecule is Nc1cccnc1C(=O)Nc1ccccc1. The fourth-order valence-electron chi connectivity index (χ4n) is 1.32. The lowest BCUT2D eigenvalue weighted by Gasteiger charge is -2.05. The normalized spacial score (nSPS) is 9.75. The molecule has 1 aromatic heterocycles. The van der Waals surface area contributed by atoms with Crippen molar-refractivity contribution in [3.63, 3.8) is 0 Å². The number of para-hydroxylation sites is 1. The highest BCUT2D eigenvalue weighted by molar-refractivity contribution is 6.06. The van der Waals surface area contributed by atoms with Crippen molar-refractivity contribution in [3.05, 3.63) is 54.4 Å². The second-order valence-corrected chi connectivity index (χ2v) is 3.26. The molecule has 0 aliphatic carbocycles. The molecule has 1 heterocycles. The van der Waals surface area contributed by atoms with E-state index < -0.39 is 0 Å². The van der Waals surface area contributed by atoms with Crippen LogP contribution in [0.5, 0.6) is 0 Å². The molecule has 0 unspecified atom stereocenters. The number of pyridine rings is 1. The van der Waals surface area contributed by atoms with Gasteiger partial charge in [-0.25, -0.2) is 4.98 Å². The molecule has 2 aromatic rings. The number of nitrogens with zero attached hydrogens (tertiary/aromatic N) is 1. The van der Waals surface area contributed by atoms with E-state index in [2.05, 4.69) is 10.3 Å². The highest BCUT2D eigenvalue weighted by Crippen LogP contribution is 2.11. The van der Waals surface area contributed by atoms with Crippen LogP contribution in [0.25, 0.3) is 0 Å². The minimum atomic E-state index is -0.302. The van der Waals surface area contributed by atoms with E-state index in [0.29, 0.717) is 5.69 Å². The molecule has 0 radical (unpaired) electrons. The monoisotopic (exact) mass is 213 g/mol. The van der Waals surface area contributed by atoms with Gasteiger partial charge in [0, 0.05) is 11.9 Å². The maximum absolute atomic E-state index is 11.8. The largest absolute Gasteiger partial charge is 0.397 e. The van der Waals surface area contributed by atoms with Crippen LogP contribution in [0, 0.1) is 0 Å². The summed E-state index contributed by atoms with van der Waals surface area (Å²) in [5.41, 5.74) is 6.98. The van der Waals surface area contributed by atoms with Gasteiger partial charge in [0.15, 0.2) is 5.69 Å². The first-order valence-corrected chi connectivity index (χ1v) is 4.84. The van der Waals surface area contributed by atoms with Crippen molar-refractivity contribution in [1.29, 1.82) is 0 Å². The molecule has 2 rings (SSSR count). The number of anilines is 2. The Morgan fingerprint density at radius 2 is 1.88 bits per heavy atom. The molecule has 0 aliphatic heterocycles. The molecule has 0 bridgehead atoms. The molecule has 0 saturated carbocycles. The highest BCUT2D eigenvalue weighted by Gasteiger charge is 2.10. The number of rotatable bonds is 2. The Kier molecular flexibility index (Phi) is 2.82. The zero-order chi connectivity index (χ0) is 11.4. The van der Waals surface area contributed by atoms with E-state index >= 15 is 0 Å². The molecule has 0 aliphatic rings. The number of nitrogen functional groups attached to an aromatic ring is 1. The van der Waals surface area contributed by atoms with Crippen LogP contribution in [0.4, 0.5) is 11.4 Å². The quantitative estimate of drug-likeness (QED) is 0.800. The van der Waals surface area contributed by atoms with Crippen LogP contribution in [-0.4, -0.2) is 10.9 Å². The lowest BCUT2D eigenvalue weighted by Crippen LogP contribution is -2.15. The lowest BCUT2D eigenvalue weighted by atomic mass is 10.2. The summed E-state index contributed by atoms with van der Waals surface area (Å²) in [4.78, 5) is 15.7. The number of carbonyl (C=O) groups excluding carboxylic acids is 1. The third-order valence-electron chi connectivity index (χ3n) is 2.09. The molecular weight excluding hydrogens is 202 g/mol. The van der Waals surface area contributed by atoms with Gasteiger partial charge in [0.2, 0.25) is 0 Å². The maximum Gasteiger partial charge on any atom is 0.276 e. The van der Waals surface area contributed by atoms with Crippen molar-refractivity contribution in [2.75, 3.05) is 11.1 Å². The van der Waals surface area contributed by atoms with Crippen molar-refractivity contribution in [1.82, 2.24) is 4.98 Å². The average molecular weight is 213 g/mol. The highest BCUT2D eigenvalue weighted by atomic mass is 16.1. The first-order valence-electron chi connectivity index (χ1n) is 4.84. The van der Waals surface area contributed by atoms with Gasteiger partial charge in [-0.05, 0) is 24.3 Å². The summed E-state index contributed by atoms with van der Waals surface area (Å²) in [7, 11) is 0. The van der Waals surface area contributed by atoms with Crippen LogP contribution < -0.4 is 11.1 Å². The molecule has 0 saturated heterocycles. The Hall–Kier alpha value is -2.36. The molecule has 1 aromatic carbocycles. The van der Waals surface area contributed by atoms with Crippen molar-refractivity contribution < 1.29 is 4.79 Å². The van der Waals surface area contributed by atoms with Crippen molar-refractivity contribution in [3.8, 4) is 0 Å². The van der Waals surface area contributed by atoms with Crippen LogP contribution in [0.15, 0.2) is 48.7 Å². The van der Waals surface area contributed by atoms with Gasteiger partial charge in [-0.15, -0.1) is 0 Å². The summed E-state index contributed by atoms with van der Waals surface area (Å²) in [5, 5.41) is 2.72. The minimum Gasteiger partial charge on any atom is -0.397 e. The van der Waals surface area contributed by atoms with E-state index in [9.17, 15) is 4.79 Å². The van der Waals surface area contributed by atoms with E-state index in [1.807, 2.05) is 18.2 Å². The molecule has 80 valence electrons. The van der Waals surface area contributed by atoms with Crippen molar-refractivity contribution in [2.24, 2.45) is 0 Å². The maximum atomic E-state index is 11.8. The van der Waals surface area contributed by atoms with Crippen LogP contribution >= 0.6 is 0 Å². The zero-order valence-electron chi connectivity index (χ0n) is 8.55. The average Bonchev–Trinajstić information content (AvgIpc) is 2.31. The van der Waals surface area contributed by atoms with Crippen LogP contribution in [0.3, 0.4) is 0 Å². The Labute approximate surface area is 93.1 Å². The van der Waals surface area contributed by atoms with Gasteiger partial charge in [-0.3, -0.25) is 4.79 Å². The number of benzene rings is 1. The molecular formula is C12H11N3O. The van der Waals surface area contributed by atoms with Crippen LogP contribution in [-0.2, 0) is 0 Å². The van der Waals surface area contributed by atoms with Crippen molar-refractivity contribution in [2.45, 2.75) is 0 Å². The third-order valence-corrected chi connectivity index (χ3v) is 2.09. The summed E-state index contributed by atoms with van der Waals surface area (Å²) in [6.07, 6.45) is 1.54. The number of carbonyl (C=O) groups is 1. The molecule has 3 N–H and O–H groups in total. The van der Waals surface area contributed by atoms with E-state index in [4.69, 9.17) is 5.73 Å². The van der Waals surface area contributed by atoms with Crippen molar-refractivity contribution >= 4 is 17.3 Å². The van der Waals surface area contributed by atoms with Crippen LogP contribution in [0.2, 0.25) is 0 Å². The fourth-order valence-corrected chi connectivity index (χ4v) is 1.32. The van der Waals surface area contributed by atoms with E-state index in [1.54, 1.807) is 24.3 Å². The van der Waals surface area contributed by atoms with Gasteiger partial charge in [0.1, 0.15) is 0 Å². The molecule has 4 nitrogen and oxygen atoms in total. The van der Waals surface area contributed by atoms with Gasteiger partial charge in [0.05, 0.1) is 5.69 Å². The Balaban J connectivity index is 2.19. The zero-order valence-corrected chi connectivity index (χ0v) is 8.55. The number of nitrogens with two attached hydrogens (primary N) is 1. The second kappa shape index (κ2) is 4.44. The number of aromatic nitrogens is 1. The molecule has 16 heavy (non-hydrogen) atoms. The second-order valence-electron chi connectivity index (χ2n) is 3.26. The standard InChI is InChI=1S/C12H11N3O/c13-10-7-4-8-14-11(10)12(16)15-9-5-2-1-3-6-9/h1-8H,13H2,(H,15,16). The Bertz CT molecular complexity index is 497. The summed E-state index contributed by atoms with van der Waals surface area (Å²) >= 11 is 0. The van der Waals surface area contributed by atoms with E-state index in [0.717, 1.165) is 5.69 Å². The van der Waals surface area contributed by atoms with Gasteiger partial charge in [-0.1, -0.05) is 18.2 Å². The predicted octanol–water partition coefficient (Wildman–Crippen LogP) is 1.92. The molecule has 1 amide bonds. The summed E-state index contributed by atoms with van der Waals surface area (Å²) in [6, 6.07) is 12.5. The van der Waals surface area contributed by atoms with Crippen LogP contribution in [0.1, 0.15) is 10.5 Å². The van der Waals surface area contributed by atoms with E-state index in [-0.39, 0.29) is 11.6 Å². The number of hydrogen-bond acceptors (Lipinski definition) is 3. The fraction of sp³-hybridized carbons (Fsp3) is 0. The van der Waals surface area contributed by atoms with Gasteiger partial charge in [0.25, 0.3) is 5.91 Å². The number of nitrogens with one attached hydrogen (secondary N) is 1. The molecule has 0 atom stereocenters. The smallest absolute Gasteiger partial charge is 0.276 e. The summed E-state index contributed by atoms with van der Waals surface area (Å²) in [5.74, 6) is -0.302. The number of amides is 1. The third kappa shape index (κ3) is 2.17. The molecule has 0 spiro atoms. The summed E-state index contributed by atoms with van der Waals surface area (Å²) in [6.45, 7) is 0. The Morgan fingerprint density at radius 3 is 2.56 bits per heavy atom. The molecule has 0 fully saturated rings. The van der Waals surface area contributed by atoms with Gasteiger partial charge in [-0.2, -0.15) is 0 Å². The van der Waals surface area contributed by atoms with E-state index in [1.165, 1.54) is 6.20 Å².